The van der Waals surface area contributed by atoms with E-state index in [1.54, 1.807) is 0 Å². The summed E-state index contributed by atoms with van der Waals surface area (Å²) in [6.07, 6.45) is 3.12. The molecule has 1 atom stereocenters. The lowest BCUT2D eigenvalue weighted by Gasteiger charge is -2.38. The van der Waals surface area contributed by atoms with Crippen LogP contribution in [0.4, 0.5) is 4.79 Å². The topological polar surface area (TPSA) is 61.4 Å². The van der Waals surface area contributed by atoms with E-state index in [9.17, 15) is 9.59 Å². The Morgan fingerprint density at radius 1 is 1.04 bits per heavy atom. The molecule has 1 unspecified atom stereocenters. The molecule has 3 amide bonds. The molecule has 146 valence electrons. The van der Waals surface area contributed by atoms with Gasteiger partial charge in [0.05, 0.1) is 6.04 Å². The molecule has 5 nitrogen and oxygen atoms in total. The van der Waals surface area contributed by atoms with Crippen molar-refractivity contribution in [1.29, 1.82) is 0 Å². The Morgan fingerprint density at radius 3 is 2.29 bits per heavy atom. The number of piperidine rings is 1. The van der Waals surface area contributed by atoms with Crippen molar-refractivity contribution in [3.63, 3.8) is 0 Å². The average molecular weight is 377 g/mol. The molecule has 2 aliphatic rings. The summed E-state index contributed by atoms with van der Waals surface area (Å²) in [7, 11) is 0. The molecule has 0 saturated carbocycles. The highest BCUT2D eigenvalue weighted by Crippen LogP contribution is 2.37. The Bertz CT molecular complexity index is 814. The highest BCUT2D eigenvalue weighted by atomic mass is 16.2. The Hall–Kier alpha value is -2.82. The molecule has 0 radical (unpaired) electrons. The van der Waals surface area contributed by atoms with Crippen LogP contribution in [0.25, 0.3) is 0 Å². The summed E-state index contributed by atoms with van der Waals surface area (Å²) >= 11 is 0. The van der Waals surface area contributed by atoms with E-state index < -0.39 is 0 Å². The summed E-state index contributed by atoms with van der Waals surface area (Å²) in [5.41, 5.74) is 2.36. The van der Waals surface area contributed by atoms with Gasteiger partial charge in [-0.15, -0.1) is 0 Å². The fraction of sp³-hybridized carbons (Fsp3) is 0.391. The van der Waals surface area contributed by atoms with Gasteiger partial charge in [0.25, 0.3) is 0 Å². The summed E-state index contributed by atoms with van der Waals surface area (Å²) in [6.45, 7) is 2.16. The zero-order valence-corrected chi connectivity index (χ0v) is 16.1. The number of nitrogens with zero attached hydrogens (tertiary/aromatic N) is 1. The number of rotatable bonds is 4. The van der Waals surface area contributed by atoms with Gasteiger partial charge in [0.15, 0.2) is 0 Å². The normalized spacial score (nSPS) is 19.3. The quantitative estimate of drug-likeness (QED) is 0.859. The van der Waals surface area contributed by atoms with E-state index in [4.69, 9.17) is 0 Å². The second-order valence-electron chi connectivity index (χ2n) is 8.04. The molecule has 0 aromatic heterocycles. The van der Waals surface area contributed by atoms with E-state index in [0.717, 1.165) is 31.4 Å². The highest BCUT2D eigenvalue weighted by Gasteiger charge is 2.41. The molecule has 1 spiro atoms. The standard InChI is InChI=1S/C23H27N3O2/c27-21-16-23(17-24-21)11-13-26(14-12-23)22(28)25-20(19-9-5-2-6-10-19)15-18-7-3-1-4-8-18/h1-10,20H,11-17H2,(H,24,27)(H,25,28). The number of nitrogens with one attached hydrogen (secondary N) is 2. The second-order valence-corrected chi connectivity index (χ2v) is 8.04. The molecule has 2 aliphatic heterocycles. The SMILES string of the molecule is O=C1CC2(CCN(C(=O)NC(Cc3ccccc3)c3ccccc3)CC2)CN1. The first-order chi connectivity index (χ1) is 13.6. The van der Waals surface area contributed by atoms with Crippen LogP contribution in [0, 0.1) is 5.41 Å². The number of carbonyl (C=O) groups excluding carboxylic acids is 2. The van der Waals surface area contributed by atoms with Gasteiger partial charge in [-0.05, 0) is 35.8 Å². The van der Waals surface area contributed by atoms with E-state index >= 15 is 0 Å². The van der Waals surface area contributed by atoms with Gasteiger partial charge < -0.3 is 15.5 Å². The van der Waals surface area contributed by atoms with Crippen LogP contribution in [0.3, 0.4) is 0 Å². The van der Waals surface area contributed by atoms with Crippen LogP contribution >= 0.6 is 0 Å². The number of hydrogen-bond acceptors (Lipinski definition) is 2. The largest absolute Gasteiger partial charge is 0.356 e. The number of benzene rings is 2. The molecule has 2 fully saturated rings. The Morgan fingerprint density at radius 2 is 1.68 bits per heavy atom. The lowest BCUT2D eigenvalue weighted by Crippen LogP contribution is -2.48. The first-order valence-corrected chi connectivity index (χ1v) is 10.0. The minimum Gasteiger partial charge on any atom is -0.356 e. The van der Waals surface area contributed by atoms with Gasteiger partial charge in [-0.3, -0.25) is 4.79 Å². The lowest BCUT2D eigenvalue weighted by atomic mass is 9.78. The molecule has 0 aliphatic carbocycles. The van der Waals surface area contributed by atoms with Crippen LogP contribution < -0.4 is 10.6 Å². The van der Waals surface area contributed by atoms with Gasteiger partial charge in [-0.2, -0.15) is 0 Å². The summed E-state index contributed by atoms with van der Waals surface area (Å²) < 4.78 is 0. The number of likely N-dealkylation sites (tertiary alicyclic amines) is 1. The number of urea groups is 1. The molecule has 4 rings (SSSR count). The summed E-state index contributed by atoms with van der Waals surface area (Å²) in [5, 5.41) is 6.19. The minimum absolute atomic E-state index is 0.0167. The Kier molecular flexibility index (Phi) is 5.33. The number of hydrogen-bond donors (Lipinski definition) is 2. The maximum absolute atomic E-state index is 13.0. The molecule has 28 heavy (non-hydrogen) atoms. The first kappa shape index (κ1) is 18.5. The molecular formula is C23H27N3O2. The van der Waals surface area contributed by atoms with Crippen LogP contribution in [0.2, 0.25) is 0 Å². The van der Waals surface area contributed by atoms with Crippen molar-refractivity contribution in [3.8, 4) is 0 Å². The Labute approximate surface area is 166 Å². The van der Waals surface area contributed by atoms with Gasteiger partial charge in [0, 0.05) is 26.1 Å². The zero-order valence-electron chi connectivity index (χ0n) is 16.1. The molecule has 5 heteroatoms. The van der Waals surface area contributed by atoms with Gasteiger partial charge in [-0.25, -0.2) is 4.79 Å². The van der Waals surface area contributed by atoms with Crippen LogP contribution in [-0.4, -0.2) is 36.5 Å². The smallest absolute Gasteiger partial charge is 0.317 e. The van der Waals surface area contributed by atoms with Crippen molar-refractivity contribution in [3.05, 3.63) is 71.8 Å². The first-order valence-electron chi connectivity index (χ1n) is 10.0. The van der Waals surface area contributed by atoms with E-state index in [2.05, 4.69) is 34.9 Å². The van der Waals surface area contributed by atoms with Crippen LogP contribution in [0.5, 0.6) is 0 Å². The van der Waals surface area contributed by atoms with E-state index in [-0.39, 0.29) is 23.4 Å². The molecule has 2 aromatic rings. The van der Waals surface area contributed by atoms with Crippen LogP contribution in [0.15, 0.2) is 60.7 Å². The summed E-state index contributed by atoms with van der Waals surface area (Å²) in [6, 6.07) is 20.3. The second kappa shape index (κ2) is 8.05. The molecule has 2 aromatic carbocycles. The zero-order chi connectivity index (χ0) is 19.4. The van der Waals surface area contributed by atoms with Crippen molar-refractivity contribution < 1.29 is 9.59 Å². The van der Waals surface area contributed by atoms with E-state index in [1.807, 2.05) is 41.3 Å². The Balaban J connectivity index is 1.42. The third kappa shape index (κ3) is 4.19. The predicted octanol–water partition coefficient (Wildman–Crippen LogP) is 3.28. The van der Waals surface area contributed by atoms with Crippen molar-refractivity contribution in [2.24, 2.45) is 5.41 Å². The van der Waals surface area contributed by atoms with E-state index in [0.29, 0.717) is 19.5 Å². The average Bonchev–Trinajstić information content (AvgIpc) is 3.09. The molecule has 2 saturated heterocycles. The fourth-order valence-corrected chi connectivity index (χ4v) is 4.32. The third-order valence-corrected chi connectivity index (χ3v) is 6.09. The van der Waals surface area contributed by atoms with E-state index in [1.165, 1.54) is 5.56 Å². The van der Waals surface area contributed by atoms with Crippen LogP contribution in [0.1, 0.15) is 36.4 Å². The summed E-state index contributed by atoms with van der Waals surface area (Å²) in [5.74, 6) is 0.143. The van der Waals surface area contributed by atoms with Gasteiger partial charge in [0.1, 0.15) is 0 Å². The highest BCUT2D eigenvalue weighted by molar-refractivity contribution is 5.79. The predicted molar refractivity (Wildman–Crippen MR) is 109 cm³/mol. The molecular weight excluding hydrogens is 350 g/mol. The van der Waals surface area contributed by atoms with Crippen molar-refractivity contribution >= 4 is 11.9 Å². The maximum Gasteiger partial charge on any atom is 0.317 e. The van der Waals surface area contributed by atoms with Gasteiger partial charge >= 0.3 is 6.03 Å². The fourth-order valence-electron chi connectivity index (χ4n) is 4.32. The minimum atomic E-state index is -0.0679. The number of amides is 3. The van der Waals surface area contributed by atoms with Crippen molar-refractivity contribution in [1.82, 2.24) is 15.5 Å². The molecule has 2 N–H and O–H groups in total. The molecule has 0 bridgehead atoms. The summed E-state index contributed by atoms with van der Waals surface area (Å²) in [4.78, 5) is 26.5. The van der Waals surface area contributed by atoms with Crippen LogP contribution in [-0.2, 0) is 11.2 Å². The van der Waals surface area contributed by atoms with Crippen molar-refractivity contribution in [2.45, 2.75) is 31.7 Å². The third-order valence-electron chi connectivity index (χ3n) is 6.09. The lowest BCUT2D eigenvalue weighted by molar-refractivity contribution is -0.119. The number of carbonyl (C=O) groups is 2. The maximum atomic E-state index is 13.0. The van der Waals surface area contributed by atoms with Gasteiger partial charge in [0.2, 0.25) is 5.91 Å². The monoisotopic (exact) mass is 377 g/mol. The van der Waals surface area contributed by atoms with Gasteiger partial charge in [-0.1, -0.05) is 60.7 Å². The van der Waals surface area contributed by atoms with Crippen molar-refractivity contribution in [2.75, 3.05) is 19.6 Å². The molecule has 2 heterocycles.